The number of hydrogen-bond acceptors (Lipinski definition) is 5. The molecule has 208 valence electrons. The van der Waals surface area contributed by atoms with Crippen molar-refractivity contribution in [3.63, 3.8) is 0 Å². The quantitative estimate of drug-likeness (QED) is 0.336. The van der Waals surface area contributed by atoms with Gasteiger partial charge in [0.25, 0.3) is 0 Å². The number of halogens is 1. The molecule has 9 heteroatoms. The lowest BCUT2D eigenvalue weighted by atomic mass is 9.86. The van der Waals surface area contributed by atoms with Gasteiger partial charge in [0, 0.05) is 22.9 Å². The lowest BCUT2D eigenvalue weighted by Gasteiger charge is -2.29. The summed E-state index contributed by atoms with van der Waals surface area (Å²) < 4.78 is 6.08. The molecule has 1 saturated carbocycles. The van der Waals surface area contributed by atoms with Gasteiger partial charge in [0.05, 0.1) is 6.04 Å². The van der Waals surface area contributed by atoms with E-state index < -0.39 is 35.6 Å². The highest BCUT2D eigenvalue weighted by Crippen LogP contribution is 2.58. The van der Waals surface area contributed by atoms with E-state index in [2.05, 4.69) is 16.0 Å². The number of carbonyl (C=O) groups excluding carboxylic acids is 4. The van der Waals surface area contributed by atoms with Crippen LogP contribution in [0.2, 0.25) is 5.02 Å². The second kappa shape index (κ2) is 12.6. The summed E-state index contributed by atoms with van der Waals surface area (Å²) >= 11 is 6.29. The average Bonchev–Trinajstić information content (AvgIpc) is 3.62. The number of benzene rings is 2. The van der Waals surface area contributed by atoms with Crippen LogP contribution in [0, 0.1) is 11.8 Å². The van der Waals surface area contributed by atoms with Gasteiger partial charge in [-0.1, -0.05) is 67.9 Å². The molecule has 4 atom stereocenters. The maximum atomic E-state index is 13.3. The number of carbonyl (C=O) groups is 4. The van der Waals surface area contributed by atoms with Gasteiger partial charge in [-0.15, -0.1) is 0 Å². The highest BCUT2D eigenvalue weighted by Gasteiger charge is 2.53. The lowest BCUT2D eigenvalue weighted by Crippen LogP contribution is -2.51. The molecule has 0 aromatic heterocycles. The van der Waals surface area contributed by atoms with Crippen molar-refractivity contribution in [1.82, 2.24) is 16.0 Å². The second-order valence-electron chi connectivity index (χ2n) is 11.0. The van der Waals surface area contributed by atoms with E-state index in [9.17, 15) is 19.2 Å². The van der Waals surface area contributed by atoms with Crippen molar-refractivity contribution in [3.05, 3.63) is 70.7 Å². The Balaban J connectivity index is 1.49. The van der Waals surface area contributed by atoms with Gasteiger partial charge in [-0.2, -0.15) is 0 Å². The van der Waals surface area contributed by atoms with Gasteiger partial charge in [0.1, 0.15) is 18.4 Å². The van der Waals surface area contributed by atoms with E-state index in [1.807, 2.05) is 68.4 Å². The van der Waals surface area contributed by atoms with Gasteiger partial charge in [-0.3, -0.25) is 9.59 Å². The number of rotatable bonds is 12. The van der Waals surface area contributed by atoms with Crippen LogP contribution in [0.4, 0.5) is 4.79 Å². The van der Waals surface area contributed by atoms with Crippen molar-refractivity contribution in [2.24, 2.45) is 11.8 Å². The summed E-state index contributed by atoms with van der Waals surface area (Å²) in [6.07, 6.45) is 2.19. The number of alkyl carbamates (subject to hydrolysis) is 1. The Morgan fingerprint density at radius 1 is 1.13 bits per heavy atom. The van der Waals surface area contributed by atoms with Gasteiger partial charge in [0.15, 0.2) is 0 Å². The van der Waals surface area contributed by atoms with Crippen LogP contribution >= 0.6 is 11.6 Å². The molecule has 1 heterocycles. The number of aldehydes is 1. The first-order valence-electron chi connectivity index (χ1n) is 13.5. The largest absolute Gasteiger partial charge is 0.440 e. The van der Waals surface area contributed by atoms with E-state index in [0.717, 1.165) is 24.0 Å². The van der Waals surface area contributed by atoms with Crippen LogP contribution < -0.4 is 16.0 Å². The molecule has 2 fully saturated rings. The van der Waals surface area contributed by atoms with Crippen LogP contribution in [0.5, 0.6) is 0 Å². The van der Waals surface area contributed by atoms with Crippen LogP contribution in [0.1, 0.15) is 63.2 Å². The molecule has 2 aromatic carbocycles. The van der Waals surface area contributed by atoms with Crippen LogP contribution in [0.25, 0.3) is 0 Å². The van der Waals surface area contributed by atoms with E-state index in [4.69, 9.17) is 16.3 Å². The van der Waals surface area contributed by atoms with Crippen molar-refractivity contribution >= 4 is 35.8 Å². The Bertz CT molecular complexity index is 1180. The molecule has 0 bridgehead atoms. The number of nitrogens with one attached hydrogen (secondary N) is 3. The summed E-state index contributed by atoms with van der Waals surface area (Å²) in [5.41, 5.74) is 1.44. The predicted octanol–water partition coefficient (Wildman–Crippen LogP) is 4.46. The summed E-state index contributed by atoms with van der Waals surface area (Å²) in [6.45, 7) is 4.45. The summed E-state index contributed by atoms with van der Waals surface area (Å²) in [4.78, 5) is 50.2. The first kappa shape index (κ1) is 28.6. The topological polar surface area (TPSA) is 114 Å². The normalized spacial score (nSPS) is 19.9. The fraction of sp³-hybridized carbons (Fsp3) is 0.467. The Morgan fingerprint density at radius 2 is 1.87 bits per heavy atom. The minimum absolute atomic E-state index is 0.0856. The van der Waals surface area contributed by atoms with Crippen molar-refractivity contribution < 1.29 is 23.9 Å². The molecule has 8 nitrogen and oxygen atoms in total. The van der Waals surface area contributed by atoms with Gasteiger partial charge in [0.2, 0.25) is 11.8 Å². The average molecular weight is 554 g/mol. The van der Waals surface area contributed by atoms with E-state index in [1.165, 1.54) is 0 Å². The van der Waals surface area contributed by atoms with Crippen molar-refractivity contribution in [3.8, 4) is 0 Å². The van der Waals surface area contributed by atoms with E-state index in [1.54, 1.807) is 0 Å². The number of hydrogen-bond donors (Lipinski definition) is 3. The van der Waals surface area contributed by atoms with Crippen molar-refractivity contribution in [2.75, 3.05) is 6.54 Å². The molecule has 1 aliphatic heterocycles. The van der Waals surface area contributed by atoms with Gasteiger partial charge in [-0.05, 0) is 61.3 Å². The van der Waals surface area contributed by atoms with E-state index in [-0.39, 0.29) is 24.2 Å². The van der Waals surface area contributed by atoms with Crippen LogP contribution in [0.3, 0.4) is 0 Å². The number of amides is 3. The van der Waals surface area contributed by atoms with Crippen molar-refractivity contribution in [2.45, 2.75) is 69.6 Å². The minimum Gasteiger partial charge on any atom is -0.440 e. The predicted molar refractivity (Wildman–Crippen MR) is 148 cm³/mol. The van der Waals surface area contributed by atoms with Crippen molar-refractivity contribution in [1.29, 1.82) is 0 Å². The Kier molecular flexibility index (Phi) is 9.28. The van der Waals surface area contributed by atoms with Gasteiger partial charge >= 0.3 is 6.09 Å². The highest BCUT2D eigenvalue weighted by atomic mass is 35.5. The maximum absolute atomic E-state index is 13.3. The van der Waals surface area contributed by atoms with E-state index in [0.29, 0.717) is 30.7 Å². The standard InChI is InChI=1S/C30H36ClN3O5/c1-19(2)15-25(28(37)33-24(18-35)16-21-11-14-32-27(21)36)34-29(38)39-26(20-7-4-3-5-8-20)30(12-13-30)22-9-6-10-23(31)17-22/h3-10,17-19,21,24-26H,11-16H2,1-2H3,(H,32,36)(H,33,37)(H,34,38)/t21-,24-,25-,26?/m0/s1. The molecule has 2 aromatic rings. The molecule has 0 spiro atoms. The first-order valence-corrected chi connectivity index (χ1v) is 13.9. The molecule has 2 aliphatic rings. The molecular weight excluding hydrogens is 518 g/mol. The van der Waals surface area contributed by atoms with Crippen LogP contribution in [-0.2, 0) is 24.5 Å². The third-order valence-corrected chi connectivity index (χ3v) is 7.76. The molecule has 1 unspecified atom stereocenters. The third kappa shape index (κ3) is 7.18. The monoisotopic (exact) mass is 553 g/mol. The lowest BCUT2D eigenvalue weighted by molar-refractivity contribution is -0.127. The fourth-order valence-corrected chi connectivity index (χ4v) is 5.55. The molecule has 1 aliphatic carbocycles. The Labute approximate surface area is 234 Å². The van der Waals surface area contributed by atoms with Gasteiger partial charge in [-0.25, -0.2) is 4.79 Å². The number of ether oxygens (including phenoxy) is 1. The Morgan fingerprint density at radius 3 is 2.46 bits per heavy atom. The molecule has 1 saturated heterocycles. The molecule has 4 rings (SSSR count). The third-order valence-electron chi connectivity index (χ3n) is 7.53. The summed E-state index contributed by atoms with van der Waals surface area (Å²) in [6, 6.07) is 15.4. The molecular formula is C30H36ClN3O5. The van der Waals surface area contributed by atoms with Gasteiger partial charge < -0.3 is 25.5 Å². The summed E-state index contributed by atoms with van der Waals surface area (Å²) in [5.74, 6) is -0.835. The SMILES string of the molecule is CC(C)C[C@H](NC(=O)OC(c1ccccc1)C1(c2cccc(Cl)c2)CC1)C(=O)N[C@H](C=O)C[C@@H]1CCNC1=O. The summed E-state index contributed by atoms with van der Waals surface area (Å²) in [5, 5.41) is 8.82. The minimum atomic E-state index is -0.907. The highest BCUT2D eigenvalue weighted by molar-refractivity contribution is 6.30. The summed E-state index contributed by atoms with van der Waals surface area (Å²) in [7, 11) is 0. The zero-order valence-electron chi connectivity index (χ0n) is 22.3. The smallest absolute Gasteiger partial charge is 0.408 e. The molecule has 39 heavy (non-hydrogen) atoms. The first-order chi connectivity index (χ1) is 18.7. The fourth-order valence-electron chi connectivity index (χ4n) is 5.36. The molecule has 3 N–H and O–H groups in total. The zero-order valence-corrected chi connectivity index (χ0v) is 23.1. The Hall–Kier alpha value is -3.39. The van der Waals surface area contributed by atoms with Crippen LogP contribution in [0.15, 0.2) is 54.6 Å². The van der Waals surface area contributed by atoms with E-state index >= 15 is 0 Å². The maximum Gasteiger partial charge on any atom is 0.408 e. The zero-order chi connectivity index (χ0) is 28.0. The molecule has 3 amide bonds. The van der Waals surface area contributed by atoms with Crippen LogP contribution in [-0.4, -0.2) is 42.8 Å². The molecule has 0 radical (unpaired) electrons. The second-order valence-corrected chi connectivity index (χ2v) is 11.4.